The second-order valence-corrected chi connectivity index (χ2v) is 8.87. The lowest BCUT2D eigenvalue weighted by molar-refractivity contribution is -0.130. The fraction of sp³-hybridized carbons (Fsp3) is 0.440. The Morgan fingerprint density at radius 3 is 2.60 bits per heavy atom. The van der Waals surface area contributed by atoms with E-state index in [4.69, 9.17) is 9.47 Å². The topological polar surface area (TPSA) is 98.2 Å². The number of pyridine rings is 1. The van der Waals surface area contributed by atoms with Gasteiger partial charge in [-0.2, -0.15) is 0 Å². The van der Waals surface area contributed by atoms with Gasteiger partial charge in [0.15, 0.2) is 0 Å². The Kier molecular flexibility index (Phi) is 7.18. The van der Waals surface area contributed by atoms with Crippen molar-refractivity contribution in [2.75, 3.05) is 40.4 Å². The van der Waals surface area contributed by atoms with Crippen LogP contribution in [0.2, 0.25) is 0 Å². The highest BCUT2D eigenvalue weighted by molar-refractivity contribution is 5.93. The smallest absolute Gasteiger partial charge is 0.343 e. The first-order valence-electron chi connectivity index (χ1n) is 11.5. The first kappa shape index (κ1) is 24.4. The average Bonchev–Trinajstić information content (AvgIpc) is 3.02. The van der Waals surface area contributed by atoms with Crippen molar-refractivity contribution in [1.82, 2.24) is 14.4 Å². The predicted octanol–water partition coefficient (Wildman–Crippen LogP) is 1.26. The Morgan fingerprint density at radius 2 is 1.91 bits per heavy atom. The van der Waals surface area contributed by atoms with Gasteiger partial charge in [0, 0.05) is 63.7 Å². The van der Waals surface area contributed by atoms with Crippen molar-refractivity contribution in [3.05, 3.63) is 63.3 Å². The minimum Gasteiger partial charge on any atom is -0.492 e. The molecule has 1 aromatic carbocycles. The van der Waals surface area contributed by atoms with Gasteiger partial charge in [-0.15, -0.1) is 0 Å². The summed E-state index contributed by atoms with van der Waals surface area (Å²) in [4.78, 5) is 53.5. The number of hydrogen-bond acceptors (Lipinski definition) is 6. The van der Waals surface area contributed by atoms with E-state index in [0.717, 1.165) is 0 Å². The molecule has 1 saturated heterocycles. The van der Waals surface area contributed by atoms with E-state index in [1.54, 1.807) is 35.0 Å². The largest absolute Gasteiger partial charge is 0.492 e. The van der Waals surface area contributed by atoms with E-state index < -0.39 is 11.8 Å². The lowest BCUT2D eigenvalue weighted by atomic mass is 10.1. The van der Waals surface area contributed by atoms with E-state index in [2.05, 4.69) is 0 Å². The number of rotatable bonds is 6. The number of ether oxygens (including phenoxy) is 2. The summed E-state index contributed by atoms with van der Waals surface area (Å²) < 4.78 is 26.3. The number of halogens is 1. The highest BCUT2D eigenvalue weighted by Gasteiger charge is 2.30. The molecule has 0 spiro atoms. The summed E-state index contributed by atoms with van der Waals surface area (Å²) in [7, 11) is 2.97. The summed E-state index contributed by atoms with van der Waals surface area (Å²) in [6, 6.07) is 7.37. The first-order chi connectivity index (χ1) is 16.8. The number of carbonyl (C=O) groups excluding carboxylic acids is 3. The van der Waals surface area contributed by atoms with Crippen molar-refractivity contribution in [3.63, 3.8) is 0 Å². The zero-order valence-corrected chi connectivity index (χ0v) is 19.8. The van der Waals surface area contributed by atoms with Crippen molar-refractivity contribution in [2.45, 2.75) is 25.8 Å². The van der Waals surface area contributed by atoms with Gasteiger partial charge in [0.05, 0.1) is 20.1 Å². The summed E-state index contributed by atoms with van der Waals surface area (Å²) in [5.74, 6) is -1.27. The van der Waals surface area contributed by atoms with Gasteiger partial charge in [0.1, 0.15) is 17.1 Å². The second-order valence-electron chi connectivity index (χ2n) is 8.87. The second kappa shape index (κ2) is 10.3. The van der Waals surface area contributed by atoms with Gasteiger partial charge in [-0.05, 0) is 11.6 Å². The van der Waals surface area contributed by atoms with Crippen molar-refractivity contribution < 1.29 is 28.2 Å². The minimum absolute atomic E-state index is 0.0222. The number of likely N-dealkylation sites (tertiary alicyclic amines) is 1. The molecule has 0 saturated carbocycles. The standard InChI is InChI=1S/C25H28FN3O6/c1-27-14-16(11-21(27)30)15-35-20-13-23(32)29-10-9-28(8-7-19(29)24(20)25(33)34-2)22(31)12-17-5-3-4-6-18(17)26/h3-6,13,16H,7-12,14-15H2,1-2H3/t16-/m0/s1. The molecule has 0 unspecified atom stereocenters. The number of aromatic nitrogens is 1. The van der Waals surface area contributed by atoms with Crippen LogP contribution in [0, 0.1) is 11.7 Å². The van der Waals surface area contributed by atoms with E-state index in [9.17, 15) is 23.6 Å². The van der Waals surface area contributed by atoms with Crippen LogP contribution in [0.5, 0.6) is 5.75 Å². The molecule has 1 atom stereocenters. The average molecular weight is 486 g/mol. The van der Waals surface area contributed by atoms with Crippen LogP contribution < -0.4 is 10.3 Å². The van der Waals surface area contributed by atoms with Crippen molar-refractivity contribution in [1.29, 1.82) is 0 Å². The van der Waals surface area contributed by atoms with E-state index >= 15 is 0 Å². The number of amides is 2. The lowest BCUT2D eigenvalue weighted by Gasteiger charge is -2.20. The fourth-order valence-electron chi connectivity index (χ4n) is 4.63. The molecule has 0 radical (unpaired) electrons. The summed E-state index contributed by atoms with van der Waals surface area (Å²) in [6.45, 7) is 1.40. The van der Waals surface area contributed by atoms with Gasteiger partial charge >= 0.3 is 5.97 Å². The van der Waals surface area contributed by atoms with Gasteiger partial charge in [0.2, 0.25) is 11.8 Å². The molecular formula is C25H28FN3O6. The zero-order valence-electron chi connectivity index (χ0n) is 19.8. The highest BCUT2D eigenvalue weighted by atomic mass is 19.1. The third kappa shape index (κ3) is 5.21. The molecule has 0 aliphatic carbocycles. The van der Waals surface area contributed by atoms with Crippen LogP contribution in [0.1, 0.15) is 28.0 Å². The molecule has 0 bridgehead atoms. The minimum atomic E-state index is -0.644. The summed E-state index contributed by atoms with van der Waals surface area (Å²) in [5, 5.41) is 0. The van der Waals surface area contributed by atoms with Crippen LogP contribution in [0.15, 0.2) is 35.1 Å². The molecule has 0 N–H and O–H groups in total. The maximum Gasteiger partial charge on any atom is 0.343 e. The predicted molar refractivity (Wildman–Crippen MR) is 124 cm³/mol. The molecule has 2 aliphatic rings. The van der Waals surface area contributed by atoms with Crippen LogP contribution in [0.4, 0.5) is 4.39 Å². The van der Waals surface area contributed by atoms with E-state index in [-0.39, 0.29) is 73.7 Å². The maximum absolute atomic E-state index is 14.0. The molecular weight excluding hydrogens is 457 g/mol. The monoisotopic (exact) mass is 485 g/mol. The Balaban J connectivity index is 1.55. The van der Waals surface area contributed by atoms with E-state index in [1.807, 2.05) is 0 Å². The summed E-state index contributed by atoms with van der Waals surface area (Å²) in [5.41, 5.74) is 0.525. The Bertz CT molecular complexity index is 1210. The third-order valence-corrected chi connectivity index (χ3v) is 6.53. The zero-order chi connectivity index (χ0) is 25.1. The van der Waals surface area contributed by atoms with Crippen LogP contribution in [-0.2, 0) is 33.7 Å². The molecule has 1 aromatic heterocycles. The van der Waals surface area contributed by atoms with Crippen LogP contribution in [0.3, 0.4) is 0 Å². The molecule has 9 nitrogen and oxygen atoms in total. The van der Waals surface area contributed by atoms with E-state index in [1.165, 1.54) is 23.8 Å². The maximum atomic E-state index is 14.0. The molecule has 10 heteroatoms. The van der Waals surface area contributed by atoms with Gasteiger partial charge < -0.3 is 23.8 Å². The van der Waals surface area contributed by atoms with Crippen LogP contribution in [0.25, 0.3) is 0 Å². The van der Waals surface area contributed by atoms with Gasteiger partial charge in [-0.1, -0.05) is 18.2 Å². The molecule has 1 fully saturated rings. The van der Waals surface area contributed by atoms with Gasteiger partial charge in [0.25, 0.3) is 5.56 Å². The number of nitrogens with zero attached hydrogens (tertiary/aromatic N) is 3. The Hall–Kier alpha value is -3.69. The number of methoxy groups -OCH3 is 1. The molecule has 4 rings (SSSR count). The fourth-order valence-corrected chi connectivity index (χ4v) is 4.63. The van der Waals surface area contributed by atoms with Crippen molar-refractivity contribution >= 4 is 17.8 Å². The molecule has 2 amide bonds. The van der Waals surface area contributed by atoms with Crippen LogP contribution in [-0.4, -0.2) is 72.5 Å². The number of carbonyl (C=O) groups is 3. The van der Waals surface area contributed by atoms with Crippen molar-refractivity contribution in [3.8, 4) is 5.75 Å². The van der Waals surface area contributed by atoms with E-state index in [0.29, 0.717) is 24.2 Å². The van der Waals surface area contributed by atoms with Crippen molar-refractivity contribution in [2.24, 2.45) is 5.92 Å². The highest BCUT2D eigenvalue weighted by Crippen LogP contribution is 2.26. The Morgan fingerprint density at radius 1 is 1.14 bits per heavy atom. The SMILES string of the molecule is COC(=O)c1c(OC[C@H]2CC(=O)N(C)C2)cc(=O)n2c1CCN(C(=O)Cc1ccccc1F)CC2. The van der Waals surface area contributed by atoms with Crippen LogP contribution >= 0.6 is 0 Å². The molecule has 2 aromatic rings. The number of esters is 1. The first-order valence-corrected chi connectivity index (χ1v) is 11.5. The lowest BCUT2D eigenvalue weighted by Crippen LogP contribution is -2.35. The number of fused-ring (bicyclic) bond motifs is 1. The summed E-state index contributed by atoms with van der Waals surface area (Å²) >= 11 is 0. The molecule has 3 heterocycles. The Labute approximate surface area is 202 Å². The third-order valence-electron chi connectivity index (χ3n) is 6.53. The van der Waals surface area contributed by atoms with Gasteiger partial charge in [-0.3, -0.25) is 14.4 Å². The molecule has 186 valence electrons. The quantitative estimate of drug-likeness (QED) is 0.572. The molecule has 2 aliphatic heterocycles. The summed E-state index contributed by atoms with van der Waals surface area (Å²) in [6.07, 6.45) is 0.474. The normalized spacial score (nSPS) is 17.7. The number of hydrogen-bond donors (Lipinski definition) is 0. The van der Waals surface area contributed by atoms with Gasteiger partial charge in [-0.25, -0.2) is 9.18 Å². The molecule has 35 heavy (non-hydrogen) atoms. The number of benzene rings is 1.